The van der Waals surface area contributed by atoms with E-state index < -0.39 is 0 Å². The molecule has 1 aromatic rings. The van der Waals surface area contributed by atoms with Crippen molar-refractivity contribution >= 4 is 11.8 Å². The van der Waals surface area contributed by atoms with E-state index in [0.29, 0.717) is 12.6 Å². The number of guanidine groups is 1. The van der Waals surface area contributed by atoms with Crippen LogP contribution in [0.1, 0.15) is 45.2 Å². The van der Waals surface area contributed by atoms with Crippen LogP contribution in [0.25, 0.3) is 0 Å². The first-order valence-electron chi connectivity index (χ1n) is 8.76. The van der Waals surface area contributed by atoms with Crippen molar-refractivity contribution in [2.75, 3.05) is 25.5 Å². The summed E-state index contributed by atoms with van der Waals surface area (Å²) in [5.74, 6) is 2.68. The molecule has 1 aliphatic rings. The smallest absolute Gasteiger partial charge is 0.191 e. The van der Waals surface area contributed by atoms with E-state index in [2.05, 4.69) is 29.5 Å². The summed E-state index contributed by atoms with van der Waals surface area (Å²) >= 11 is 0. The molecule has 0 spiro atoms. The Morgan fingerprint density at radius 3 is 2.87 bits per heavy atom. The number of aromatic nitrogens is 1. The zero-order chi connectivity index (χ0) is 16.7. The zero-order valence-corrected chi connectivity index (χ0v) is 15.0. The fourth-order valence-corrected chi connectivity index (χ4v) is 3.04. The minimum absolute atomic E-state index is 0.539. The second kappa shape index (κ2) is 8.75. The lowest BCUT2D eigenvalue weighted by Gasteiger charge is -2.28. The van der Waals surface area contributed by atoms with Gasteiger partial charge in [-0.1, -0.05) is 25.8 Å². The van der Waals surface area contributed by atoms with Gasteiger partial charge in [0.2, 0.25) is 0 Å². The molecule has 5 nitrogen and oxygen atoms in total. The van der Waals surface area contributed by atoms with E-state index in [1.54, 1.807) is 0 Å². The first kappa shape index (κ1) is 17.6. The molecule has 0 bridgehead atoms. The third kappa shape index (κ3) is 5.73. The number of nitrogens with zero attached hydrogens (tertiary/aromatic N) is 3. The molecular weight excluding hydrogens is 286 g/mol. The van der Waals surface area contributed by atoms with Gasteiger partial charge in [-0.15, -0.1) is 0 Å². The molecule has 2 atom stereocenters. The number of pyridine rings is 1. The Kier molecular flexibility index (Phi) is 6.68. The Hall–Kier alpha value is -1.78. The van der Waals surface area contributed by atoms with Crippen molar-refractivity contribution < 1.29 is 0 Å². The molecule has 128 valence electrons. The van der Waals surface area contributed by atoms with Crippen LogP contribution in [0.5, 0.6) is 0 Å². The maximum absolute atomic E-state index is 4.72. The number of nitrogens with one attached hydrogen (secondary N) is 2. The van der Waals surface area contributed by atoms with Crippen molar-refractivity contribution in [2.45, 2.75) is 52.1 Å². The number of hydrogen-bond acceptors (Lipinski definition) is 3. The molecule has 0 saturated heterocycles. The zero-order valence-electron chi connectivity index (χ0n) is 15.0. The highest BCUT2D eigenvalue weighted by atomic mass is 15.2. The summed E-state index contributed by atoms with van der Waals surface area (Å²) in [4.78, 5) is 11.4. The number of rotatable bonds is 5. The molecule has 5 heteroatoms. The Labute approximate surface area is 140 Å². The molecule has 2 rings (SSSR count). The summed E-state index contributed by atoms with van der Waals surface area (Å²) in [6.45, 7) is 5.92. The molecule has 0 amide bonds. The molecule has 0 radical (unpaired) electrons. The van der Waals surface area contributed by atoms with Gasteiger partial charge < -0.3 is 15.5 Å². The first-order chi connectivity index (χ1) is 11.1. The average Bonchev–Trinajstić information content (AvgIpc) is 2.53. The van der Waals surface area contributed by atoms with Gasteiger partial charge in [0, 0.05) is 26.7 Å². The summed E-state index contributed by atoms with van der Waals surface area (Å²) in [6.07, 6.45) is 5.14. The molecule has 1 aliphatic carbocycles. The van der Waals surface area contributed by atoms with Gasteiger partial charge in [0.15, 0.2) is 5.96 Å². The van der Waals surface area contributed by atoms with Gasteiger partial charge in [-0.05, 0) is 37.8 Å². The number of aliphatic imine (C=N–C) groups is 1. The monoisotopic (exact) mass is 317 g/mol. The van der Waals surface area contributed by atoms with Crippen LogP contribution in [-0.2, 0) is 6.54 Å². The van der Waals surface area contributed by atoms with Crippen molar-refractivity contribution in [2.24, 2.45) is 10.9 Å². The molecular formula is C18H31N5. The minimum atomic E-state index is 0.539. The van der Waals surface area contributed by atoms with Crippen LogP contribution < -0.4 is 15.5 Å². The fourth-order valence-electron chi connectivity index (χ4n) is 3.04. The van der Waals surface area contributed by atoms with Gasteiger partial charge in [-0.3, -0.25) is 0 Å². The molecule has 0 aliphatic heterocycles. The second-order valence-corrected chi connectivity index (χ2v) is 6.69. The lowest BCUT2D eigenvalue weighted by molar-refractivity contribution is 0.324. The van der Waals surface area contributed by atoms with E-state index in [9.17, 15) is 0 Å². The highest BCUT2D eigenvalue weighted by molar-refractivity contribution is 5.80. The van der Waals surface area contributed by atoms with Crippen LogP contribution >= 0.6 is 0 Å². The van der Waals surface area contributed by atoms with Crippen LogP contribution in [0.15, 0.2) is 23.2 Å². The molecule has 23 heavy (non-hydrogen) atoms. The molecule has 2 N–H and O–H groups in total. The van der Waals surface area contributed by atoms with Crippen LogP contribution in [0.4, 0.5) is 5.82 Å². The van der Waals surface area contributed by atoms with Crippen molar-refractivity contribution in [3.05, 3.63) is 23.9 Å². The Balaban J connectivity index is 1.99. The molecule has 1 aromatic heterocycles. The Bertz CT molecular complexity index is 512. The average molecular weight is 317 g/mol. The number of anilines is 1. The molecule has 1 saturated carbocycles. The van der Waals surface area contributed by atoms with Crippen molar-refractivity contribution in [1.82, 2.24) is 15.6 Å². The van der Waals surface area contributed by atoms with Gasteiger partial charge in [-0.2, -0.15) is 0 Å². The van der Waals surface area contributed by atoms with Crippen LogP contribution in [0.2, 0.25) is 0 Å². The number of hydrogen-bond donors (Lipinski definition) is 2. The van der Waals surface area contributed by atoms with Crippen molar-refractivity contribution in [1.29, 1.82) is 0 Å². The van der Waals surface area contributed by atoms with E-state index in [4.69, 9.17) is 4.99 Å². The van der Waals surface area contributed by atoms with E-state index in [-0.39, 0.29) is 0 Å². The summed E-state index contributed by atoms with van der Waals surface area (Å²) in [7, 11) is 4.01. The molecule has 1 heterocycles. The molecule has 1 fully saturated rings. The molecule has 2 unspecified atom stereocenters. The Morgan fingerprint density at radius 1 is 1.35 bits per heavy atom. The predicted molar refractivity (Wildman–Crippen MR) is 97.9 cm³/mol. The first-order valence-corrected chi connectivity index (χ1v) is 8.76. The van der Waals surface area contributed by atoms with E-state index in [0.717, 1.165) is 29.9 Å². The maximum Gasteiger partial charge on any atom is 0.191 e. The maximum atomic E-state index is 4.72. The lowest BCUT2D eigenvalue weighted by atomic mass is 9.87. The van der Waals surface area contributed by atoms with E-state index in [1.165, 1.54) is 25.7 Å². The van der Waals surface area contributed by atoms with Crippen LogP contribution in [-0.4, -0.2) is 37.6 Å². The lowest BCUT2D eigenvalue weighted by Crippen LogP contribution is -2.45. The third-order valence-corrected chi connectivity index (χ3v) is 4.27. The molecule has 0 aromatic carbocycles. The van der Waals surface area contributed by atoms with Crippen molar-refractivity contribution in [3.8, 4) is 0 Å². The SMILES string of the molecule is CCNC(=NCc1cccc(N(C)C)n1)NC1CCCC(C)C1. The normalized spacial score (nSPS) is 21.8. The topological polar surface area (TPSA) is 52.6 Å². The van der Waals surface area contributed by atoms with Crippen LogP contribution in [0.3, 0.4) is 0 Å². The van der Waals surface area contributed by atoms with Gasteiger partial charge >= 0.3 is 0 Å². The Morgan fingerprint density at radius 2 is 2.17 bits per heavy atom. The minimum Gasteiger partial charge on any atom is -0.363 e. The van der Waals surface area contributed by atoms with E-state index >= 15 is 0 Å². The summed E-state index contributed by atoms with van der Waals surface area (Å²) in [6, 6.07) is 6.62. The summed E-state index contributed by atoms with van der Waals surface area (Å²) in [5.41, 5.74) is 0.991. The predicted octanol–water partition coefficient (Wildman–Crippen LogP) is 2.78. The van der Waals surface area contributed by atoms with Gasteiger partial charge in [0.05, 0.1) is 12.2 Å². The highest BCUT2D eigenvalue weighted by Crippen LogP contribution is 2.23. The van der Waals surface area contributed by atoms with Crippen molar-refractivity contribution in [3.63, 3.8) is 0 Å². The highest BCUT2D eigenvalue weighted by Gasteiger charge is 2.19. The largest absolute Gasteiger partial charge is 0.363 e. The van der Waals surface area contributed by atoms with Gasteiger partial charge in [-0.25, -0.2) is 9.98 Å². The quantitative estimate of drug-likeness (QED) is 0.648. The fraction of sp³-hybridized carbons (Fsp3) is 0.667. The summed E-state index contributed by atoms with van der Waals surface area (Å²) in [5, 5.41) is 6.95. The van der Waals surface area contributed by atoms with Crippen LogP contribution in [0, 0.1) is 5.92 Å². The summed E-state index contributed by atoms with van der Waals surface area (Å²) < 4.78 is 0. The van der Waals surface area contributed by atoms with E-state index in [1.807, 2.05) is 37.2 Å². The van der Waals surface area contributed by atoms with Gasteiger partial charge in [0.25, 0.3) is 0 Å². The van der Waals surface area contributed by atoms with Gasteiger partial charge in [0.1, 0.15) is 5.82 Å². The standard InChI is InChI=1S/C18H31N5/c1-5-19-18(22-15-9-6-8-14(2)12-15)20-13-16-10-7-11-17(21-16)23(3)4/h7,10-11,14-15H,5-6,8-9,12-13H2,1-4H3,(H2,19,20,22). The second-order valence-electron chi connectivity index (χ2n) is 6.69. The third-order valence-electron chi connectivity index (χ3n) is 4.27.